The molecule has 0 radical (unpaired) electrons. The highest BCUT2D eigenvalue weighted by Gasteiger charge is 2.20. The van der Waals surface area contributed by atoms with Crippen LogP contribution in [-0.4, -0.2) is 21.2 Å². The van der Waals surface area contributed by atoms with E-state index in [1.807, 2.05) is 19.9 Å². The van der Waals surface area contributed by atoms with E-state index in [4.69, 9.17) is 4.52 Å². The fourth-order valence-electron chi connectivity index (χ4n) is 1.76. The third-order valence-electron chi connectivity index (χ3n) is 2.82. The standard InChI is InChI=1S/C14H17N3O3/c1-9(2)13-16-11(17-20-13)8-15-12(14(18)19)10-6-4-3-5-7-10/h3-7,9,12,15H,8H2,1-2H3,(H,18,19)/t12-/m0/s1. The monoisotopic (exact) mass is 275 g/mol. The van der Waals surface area contributed by atoms with Crippen molar-refractivity contribution < 1.29 is 14.4 Å². The molecule has 6 heteroatoms. The zero-order chi connectivity index (χ0) is 14.5. The average molecular weight is 275 g/mol. The molecule has 0 amide bonds. The summed E-state index contributed by atoms with van der Waals surface area (Å²) in [6.07, 6.45) is 0. The van der Waals surface area contributed by atoms with Crippen molar-refractivity contribution in [2.45, 2.75) is 32.4 Å². The predicted molar refractivity (Wildman–Crippen MR) is 72.0 cm³/mol. The normalized spacial score (nSPS) is 12.6. The van der Waals surface area contributed by atoms with Gasteiger partial charge in [-0.15, -0.1) is 0 Å². The smallest absolute Gasteiger partial charge is 0.325 e. The van der Waals surface area contributed by atoms with Crippen LogP contribution in [0.2, 0.25) is 0 Å². The molecule has 0 saturated heterocycles. The molecule has 0 bridgehead atoms. The van der Waals surface area contributed by atoms with Crippen molar-refractivity contribution >= 4 is 5.97 Å². The van der Waals surface area contributed by atoms with E-state index in [-0.39, 0.29) is 12.5 Å². The highest BCUT2D eigenvalue weighted by Crippen LogP contribution is 2.14. The maximum Gasteiger partial charge on any atom is 0.325 e. The summed E-state index contributed by atoms with van der Waals surface area (Å²) < 4.78 is 5.08. The molecule has 0 fully saturated rings. The first-order chi connectivity index (χ1) is 9.58. The summed E-state index contributed by atoms with van der Waals surface area (Å²) >= 11 is 0. The fraction of sp³-hybridized carbons (Fsp3) is 0.357. The topological polar surface area (TPSA) is 88.2 Å². The number of benzene rings is 1. The molecule has 0 aliphatic carbocycles. The van der Waals surface area contributed by atoms with Gasteiger partial charge in [0, 0.05) is 5.92 Å². The lowest BCUT2D eigenvalue weighted by molar-refractivity contribution is -0.139. The predicted octanol–water partition coefficient (Wildman–Crippen LogP) is 2.11. The van der Waals surface area contributed by atoms with E-state index in [1.54, 1.807) is 24.3 Å². The summed E-state index contributed by atoms with van der Waals surface area (Å²) in [5, 5.41) is 16.0. The van der Waals surface area contributed by atoms with Crippen molar-refractivity contribution in [2.24, 2.45) is 0 Å². The molecule has 1 atom stereocenters. The molecule has 1 aromatic carbocycles. The Kier molecular flexibility index (Phi) is 4.47. The minimum absolute atomic E-state index is 0.153. The Morgan fingerprint density at radius 3 is 2.60 bits per heavy atom. The number of aromatic nitrogens is 2. The summed E-state index contributed by atoms with van der Waals surface area (Å²) in [5.74, 6) is 0.216. The number of aliphatic carboxylic acids is 1. The van der Waals surface area contributed by atoms with Crippen molar-refractivity contribution in [1.29, 1.82) is 0 Å². The molecule has 0 aliphatic rings. The number of hydrogen-bond acceptors (Lipinski definition) is 5. The molecule has 2 N–H and O–H groups in total. The second-order valence-electron chi connectivity index (χ2n) is 4.77. The van der Waals surface area contributed by atoms with Gasteiger partial charge in [-0.05, 0) is 5.56 Å². The molecule has 2 rings (SSSR count). The van der Waals surface area contributed by atoms with E-state index >= 15 is 0 Å². The van der Waals surface area contributed by atoms with Crippen LogP contribution in [0.5, 0.6) is 0 Å². The fourth-order valence-corrected chi connectivity index (χ4v) is 1.76. The average Bonchev–Trinajstić information content (AvgIpc) is 2.89. The van der Waals surface area contributed by atoms with Gasteiger partial charge in [-0.3, -0.25) is 10.1 Å². The van der Waals surface area contributed by atoms with E-state index < -0.39 is 12.0 Å². The van der Waals surface area contributed by atoms with Gasteiger partial charge in [0.2, 0.25) is 5.89 Å². The second-order valence-corrected chi connectivity index (χ2v) is 4.77. The van der Waals surface area contributed by atoms with Gasteiger partial charge in [-0.25, -0.2) is 0 Å². The van der Waals surface area contributed by atoms with Crippen LogP contribution in [-0.2, 0) is 11.3 Å². The highest BCUT2D eigenvalue weighted by molar-refractivity contribution is 5.75. The zero-order valence-corrected chi connectivity index (χ0v) is 11.4. The van der Waals surface area contributed by atoms with Gasteiger partial charge in [-0.1, -0.05) is 49.3 Å². The lowest BCUT2D eigenvalue weighted by atomic mass is 10.1. The number of rotatable bonds is 6. The largest absolute Gasteiger partial charge is 0.480 e. The number of nitrogens with zero attached hydrogens (tertiary/aromatic N) is 2. The van der Waals surface area contributed by atoms with Crippen LogP contribution in [0.4, 0.5) is 0 Å². The molecule has 0 spiro atoms. The Morgan fingerprint density at radius 2 is 2.05 bits per heavy atom. The second kappa shape index (κ2) is 6.29. The Hall–Kier alpha value is -2.21. The van der Waals surface area contributed by atoms with Gasteiger partial charge in [0.1, 0.15) is 6.04 Å². The van der Waals surface area contributed by atoms with Gasteiger partial charge < -0.3 is 9.63 Å². The van der Waals surface area contributed by atoms with E-state index in [2.05, 4.69) is 15.5 Å². The first kappa shape index (κ1) is 14.2. The van der Waals surface area contributed by atoms with Crippen molar-refractivity contribution in [3.63, 3.8) is 0 Å². The molecule has 2 aromatic rings. The number of nitrogens with one attached hydrogen (secondary N) is 1. The number of carboxylic acid groups (broad SMARTS) is 1. The van der Waals surface area contributed by atoms with Crippen molar-refractivity contribution in [2.75, 3.05) is 0 Å². The van der Waals surface area contributed by atoms with Crippen LogP contribution in [0.3, 0.4) is 0 Å². The molecular formula is C14H17N3O3. The third-order valence-corrected chi connectivity index (χ3v) is 2.82. The molecule has 0 aliphatic heterocycles. The highest BCUT2D eigenvalue weighted by atomic mass is 16.5. The van der Waals surface area contributed by atoms with E-state index in [1.165, 1.54) is 0 Å². The third kappa shape index (κ3) is 3.42. The van der Waals surface area contributed by atoms with Crippen LogP contribution < -0.4 is 5.32 Å². The molecule has 6 nitrogen and oxygen atoms in total. The molecule has 0 unspecified atom stereocenters. The summed E-state index contributed by atoms with van der Waals surface area (Å²) in [4.78, 5) is 15.5. The molecule has 20 heavy (non-hydrogen) atoms. The lowest BCUT2D eigenvalue weighted by Gasteiger charge is -2.13. The Balaban J connectivity index is 2.04. The molecule has 0 saturated carbocycles. The van der Waals surface area contributed by atoms with E-state index in [9.17, 15) is 9.90 Å². The Labute approximate surface area is 116 Å². The van der Waals surface area contributed by atoms with Crippen LogP contribution in [0.25, 0.3) is 0 Å². The first-order valence-corrected chi connectivity index (χ1v) is 6.41. The van der Waals surface area contributed by atoms with Crippen LogP contribution in [0.15, 0.2) is 34.9 Å². The maximum absolute atomic E-state index is 11.3. The summed E-state index contributed by atoms with van der Waals surface area (Å²) in [6, 6.07) is 8.19. The minimum Gasteiger partial charge on any atom is -0.480 e. The lowest BCUT2D eigenvalue weighted by Crippen LogP contribution is -2.28. The molecule has 1 aromatic heterocycles. The minimum atomic E-state index is -0.941. The van der Waals surface area contributed by atoms with Crippen molar-refractivity contribution in [3.8, 4) is 0 Å². The van der Waals surface area contributed by atoms with Crippen LogP contribution in [0, 0.1) is 0 Å². The van der Waals surface area contributed by atoms with Crippen molar-refractivity contribution in [1.82, 2.24) is 15.5 Å². The van der Waals surface area contributed by atoms with E-state index in [0.29, 0.717) is 17.3 Å². The quantitative estimate of drug-likeness (QED) is 0.839. The van der Waals surface area contributed by atoms with Gasteiger partial charge in [0.05, 0.1) is 6.54 Å². The maximum atomic E-state index is 11.3. The first-order valence-electron chi connectivity index (χ1n) is 6.41. The number of carbonyl (C=O) groups is 1. The molecular weight excluding hydrogens is 258 g/mol. The van der Waals surface area contributed by atoms with Gasteiger partial charge >= 0.3 is 5.97 Å². The van der Waals surface area contributed by atoms with Gasteiger partial charge in [-0.2, -0.15) is 4.98 Å². The SMILES string of the molecule is CC(C)c1nc(CN[C@H](C(=O)O)c2ccccc2)no1. The van der Waals surface area contributed by atoms with Gasteiger partial charge in [0.15, 0.2) is 5.82 Å². The molecule has 106 valence electrons. The summed E-state index contributed by atoms with van der Waals surface area (Å²) in [7, 11) is 0. The summed E-state index contributed by atoms with van der Waals surface area (Å²) in [5.41, 5.74) is 0.688. The number of carboxylic acids is 1. The summed E-state index contributed by atoms with van der Waals surface area (Å²) in [6.45, 7) is 4.14. The zero-order valence-electron chi connectivity index (χ0n) is 11.4. The number of hydrogen-bond donors (Lipinski definition) is 2. The van der Waals surface area contributed by atoms with Crippen LogP contribution >= 0.6 is 0 Å². The van der Waals surface area contributed by atoms with Crippen molar-refractivity contribution in [3.05, 3.63) is 47.6 Å². The van der Waals surface area contributed by atoms with E-state index in [0.717, 1.165) is 0 Å². The molecule has 1 heterocycles. The Bertz CT molecular complexity index is 566. The Morgan fingerprint density at radius 1 is 1.35 bits per heavy atom. The van der Waals surface area contributed by atoms with Gasteiger partial charge in [0.25, 0.3) is 0 Å². The van der Waals surface area contributed by atoms with Crippen LogP contribution in [0.1, 0.15) is 43.1 Å².